The van der Waals surface area contributed by atoms with E-state index in [-0.39, 0.29) is 0 Å². The van der Waals surface area contributed by atoms with Gasteiger partial charge in [0.15, 0.2) is 0 Å². The molecule has 18 heavy (non-hydrogen) atoms. The Labute approximate surface area is 111 Å². The summed E-state index contributed by atoms with van der Waals surface area (Å²) in [7, 11) is 2.04. The third-order valence-corrected chi connectivity index (χ3v) is 3.89. The fourth-order valence-corrected chi connectivity index (χ4v) is 2.69. The maximum absolute atomic E-state index is 6.19. The highest BCUT2D eigenvalue weighted by molar-refractivity contribution is 5.30. The fourth-order valence-electron chi connectivity index (χ4n) is 2.69. The summed E-state index contributed by atoms with van der Waals surface area (Å²) in [5.74, 6) is 1.58. The Morgan fingerprint density at radius 3 is 2.72 bits per heavy atom. The standard InChI is InChI=1S/C16H25NO/c1-12(2)13-7-6-8-14(11-13)18-16-10-5-4-9-15(16)17-3/h6-8,11-12,15-17H,4-5,9-10H2,1-3H3. The highest BCUT2D eigenvalue weighted by Gasteiger charge is 2.25. The van der Waals surface area contributed by atoms with Gasteiger partial charge in [-0.3, -0.25) is 0 Å². The molecule has 0 aliphatic heterocycles. The van der Waals surface area contributed by atoms with Crippen LogP contribution in [-0.2, 0) is 0 Å². The van der Waals surface area contributed by atoms with E-state index in [1.165, 1.54) is 24.8 Å². The predicted molar refractivity (Wildman–Crippen MR) is 76.3 cm³/mol. The maximum Gasteiger partial charge on any atom is 0.120 e. The van der Waals surface area contributed by atoms with Crippen molar-refractivity contribution in [1.29, 1.82) is 0 Å². The van der Waals surface area contributed by atoms with Gasteiger partial charge in [-0.2, -0.15) is 0 Å². The third-order valence-electron chi connectivity index (χ3n) is 3.89. The zero-order chi connectivity index (χ0) is 13.0. The molecule has 0 saturated heterocycles. The molecular formula is C16H25NO. The number of rotatable bonds is 4. The van der Waals surface area contributed by atoms with Crippen LogP contribution < -0.4 is 10.1 Å². The molecule has 0 radical (unpaired) electrons. The lowest BCUT2D eigenvalue weighted by Gasteiger charge is -2.31. The van der Waals surface area contributed by atoms with Crippen molar-refractivity contribution in [1.82, 2.24) is 5.32 Å². The Kier molecular flexibility index (Phi) is 4.65. The van der Waals surface area contributed by atoms with Crippen molar-refractivity contribution in [2.24, 2.45) is 0 Å². The lowest BCUT2D eigenvalue weighted by molar-refractivity contribution is 0.118. The highest BCUT2D eigenvalue weighted by atomic mass is 16.5. The molecule has 1 saturated carbocycles. The largest absolute Gasteiger partial charge is 0.489 e. The molecule has 0 amide bonds. The summed E-state index contributed by atoms with van der Waals surface area (Å²) in [5.41, 5.74) is 1.35. The summed E-state index contributed by atoms with van der Waals surface area (Å²) in [4.78, 5) is 0. The zero-order valence-corrected chi connectivity index (χ0v) is 11.8. The van der Waals surface area contributed by atoms with Crippen LogP contribution >= 0.6 is 0 Å². The minimum atomic E-state index is 0.325. The van der Waals surface area contributed by atoms with E-state index in [0.29, 0.717) is 18.1 Å². The molecule has 1 aromatic carbocycles. The van der Waals surface area contributed by atoms with Gasteiger partial charge in [0.25, 0.3) is 0 Å². The first-order valence-electron chi connectivity index (χ1n) is 7.14. The third kappa shape index (κ3) is 3.26. The van der Waals surface area contributed by atoms with Crippen molar-refractivity contribution in [3.8, 4) is 5.75 Å². The van der Waals surface area contributed by atoms with E-state index >= 15 is 0 Å². The van der Waals surface area contributed by atoms with Crippen LogP contribution in [0.1, 0.15) is 51.0 Å². The SMILES string of the molecule is CNC1CCCCC1Oc1cccc(C(C)C)c1. The molecule has 1 aliphatic carbocycles. The molecule has 1 aromatic rings. The highest BCUT2D eigenvalue weighted by Crippen LogP contribution is 2.26. The Balaban J connectivity index is 2.05. The topological polar surface area (TPSA) is 21.3 Å². The van der Waals surface area contributed by atoms with Crippen LogP contribution in [0.3, 0.4) is 0 Å². The van der Waals surface area contributed by atoms with Crippen LogP contribution in [-0.4, -0.2) is 19.2 Å². The summed E-state index contributed by atoms with van der Waals surface area (Å²) < 4.78 is 6.19. The van der Waals surface area contributed by atoms with E-state index in [4.69, 9.17) is 4.74 Å². The number of hydrogen-bond acceptors (Lipinski definition) is 2. The van der Waals surface area contributed by atoms with Crippen LogP contribution in [0.25, 0.3) is 0 Å². The van der Waals surface area contributed by atoms with Gasteiger partial charge in [-0.05, 0) is 49.9 Å². The molecule has 2 unspecified atom stereocenters. The van der Waals surface area contributed by atoms with Gasteiger partial charge < -0.3 is 10.1 Å². The van der Waals surface area contributed by atoms with E-state index < -0.39 is 0 Å². The summed E-state index contributed by atoms with van der Waals surface area (Å²) in [6.45, 7) is 4.44. The van der Waals surface area contributed by atoms with Crippen LogP contribution in [0.2, 0.25) is 0 Å². The molecule has 2 atom stereocenters. The Morgan fingerprint density at radius 1 is 1.22 bits per heavy atom. The second-order valence-electron chi connectivity index (χ2n) is 5.56. The minimum Gasteiger partial charge on any atom is -0.489 e. The van der Waals surface area contributed by atoms with Gasteiger partial charge in [0, 0.05) is 6.04 Å². The van der Waals surface area contributed by atoms with E-state index in [2.05, 4.69) is 43.4 Å². The average molecular weight is 247 g/mol. The van der Waals surface area contributed by atoms with Crippen LogP contribution in [0.15, 0.2) is 24.3 Å². The molecular weight excluding hydrogens is 222 g/mol. The van der Waals surface area contributed by atoms with Gasteiger partial charge in [0.05, 0.1) is 0 Å². The Bertz CT molecular complexity index is 375. The van der Waals surface area contributed by atoms with Crippen molar-refractivity contribution >= 4 is 0 Å². The van der Waals surface area contributed by atoms with E-state index in [9.17, 15) is 0 Å². The maximum atomic E-state index is 6.19. The molecule has 0 heterocycles. The molecule has 0 aromatic heterocycles. The Morgan fingerprint density at radius 2 is 2.00 bits per heavy atom. The van der Waals surface area contributed by atoms with Crippen molar-refractivity contribution in [2.45, 2.75) is 57.6 Å². The van der Waals surface area contributed by atoms with Gasteiger partial charge in [-0.1, -0.05) is 32.4 Å². The second kappa shape index (κ2) is 6.24. The number of hydrogen-bond donors (Lipinski definition) is 1. The van der Waals surface area contributed by atoms with Crippen LogP contribution in [0.5, 0.6) is 5.75 Å². The first kappa shape index (κ1) is 13.4. The van der Waals surface area contributed by atoms with Crippen molar-refractivity contribution in [3.63, 3.8) is 0 Å². The molecule has 2 rings (SSSR count). The smallest absolute Gasteiger partial charge is 0.120 e. The monoisotopic (exact) mass is 247 g/mol. The van der Waals surface area contributed by atoms with Gasteiger partial charge in [0.2, 0.25) is 0 Å². The van der Waals surface area contributed by atoms with Crippen LogP contribution in [0, 0.1) is 0 Å². The van der Waals surface area contributed by atoms with E-state index in [0.717, 1.165) is 12.2 Å². The summed E-state index contributed by atoms with van der Waals surface area (Å²) >= 11 is 0. The van der Waals surface area contributed by atoms with Crippen molar-refractivity contribution in [2.75, 3.05) is 7.05 Å². The Hall–Kier alpha value is -1.02. The average Bonchev–Trinajstić information content (AvgIpc) is 2.39. The number of ether oxygens (including phenoxy) is 1. The summed E-state index contributed by atoms with van der Waals surface area (Å²) in [5, 5.41) is 3.39. The molecule has 100 valence electrons. The molecule has 1 N–H and O–H groups in total. The van der Waals surface area contributed by atoms with Crippen molar-refractivity contribution < 1.29 is 4.74 Å². The van der Waals surface area contributed by atoms with E-state index in [1.807, 2.05) is 7.05 Å². The predicted octanol–water partition coefficient (Wildman–Crippen LogP) is 3.72. The molecule has 1 aliphatic rings. The van der Waals surface area contributed by atoms with Crippen molar-refractivity contribution in [3.05, 3.63) is 29.8 Å². The number of nitrogens with one attached hydrogen (secondary N) is 1. The molecule has 0 spiro atoms. The summed E-state index contributed by atoms with van der Waals surface area (Å²) in [6.07, 6.45) is 5.32. The molecule has 2 heteroatoms. The zero-order valence-electron chi connectivity index (χ0n) is 11.8. The fraction of sp³-hybridized carbons (Fsp3) is 0.625. The first-order valence-corrected chi connectivity index (χ1v) is 7.14. The minimum absolute atomic E-state index is 0.325. The van der Waals surface area contributed by atoms with Gasteiger partial charge in [-0.25, -0.2) is 0 Å². The lowest BCUT2D eigenvalue weighted by Crippen LogP contribution is -2.43. The van der Waals surface area contributed by atoms with Gasteiger partial charge in [0.1, 0.15) is 11.9 Å². The molecule has 2 nitrogen and oxygen atoms in total. The number of likely N-dealkylation sites (N-methyl/N-ethyl adjacent to an activating group) is 1. The van der Waals surface area contributed by atoms with Gasteiger partial charge in [-0.15, -0.1) is 0 Å². The van der Waals surface area contributed by atoms with Gasteiger partial charge >= 0.3 is 0 Å². The van der Waals surface area contributed by atoms with Crippen LogP contribution in [0.4, 0.5) is 0 Å². The van der Waals surface area contributed by atoms with E-state index in [1.54, 1.807) is 0 Å². The number of benzene rings is 1. The normalized spacial score (nSPS) is 24.2. The molecule has 0 bridgehead atoms. The first-order chi connectivity index (χ1) is 8.70. The summed E-state index contributed by atoms with van der Waals surface area (Å²) in [6, 6.07) is 9.04. The second-order valence-corrected chi connectivity index (χ2v) is 5.56. The molecule has 1 fully saturated rings. The quantitative estimate of drug-likeness (QED) is 0.875. The lowest BCUT2D eigenvalue weighted by atomic mass is 9.92.